The molecule has 0 aliphatic heterocycles. The van der Waals surface area contributed by atoms with Crippen LogP contribution in [0.2, 0.25) is 0 Å². The minimum atomic E-state index is -0.537. The fraction of sp³-hybridized carbons (Fsp3) is 0.385. The molecule has 2 N–H and O–H groups in total. The van der Waals surface area contributed by atoms with E-state index in [1.54, 1.807) is 37.6 Å². The molecule has 0 aromatic carbocycles. The van der Waals surface area contributed by atoms with Crippen molar-refractivity contribution in [2.45, 2.75) is 20.0 Å². The van der Waals surface area contributed by atoms with E-state index in [1.807, 2.05) is 12.3 Å². The molecular weight excluding hydrogens is 262 g/mol. The Kier molecular flexibility index (Phi) is 4.01. The smallest absolute Gasteiger partial charge is 0.270 e. The van der Waals surface area contributed by atoms with Gasteiger partial charge in [-0.1, -0.05) is 0 Å². The largest absolute Gasteiger partial charge is 0.392 e. The third-order valence-electron chi connectivity index (χ3n) is 2.71. The number of thiazole rings is 1. The number of aliphatic hydroxyl groups is 1. The van der Waals surface area contributed by atoms with Gasteiger partial charge in [-0.05, 0) is 19.9 Å². The number of carbonyl (C=O) groups excluding carboxylic acids is 1. The van der Waals surface area contributed by atoms with Gasteiger partial charge >= 0.3 is 0 Å². The number of carbonyl (C=O) groups is 1. The summed E-state index contributed by atoms with van der Waals surface area (Å²) in [6.07, 6.45) is 1.24. The van der Waals surface area contributed by atoms with Gasteiger partial charge in [0.2, 0.25) is 0 Å². The van der Waals surface area contributed by atoms with E-state index < -0.39 is 6.10 Å². The Hall–Kier alpha value is -1.66. The molecular formula is C13H17N3O2S. The third kappa shape index (κ3) is 3.21. The van der Waals surface area contributed by atoms with Crippen LogP contribution in [0, 0.1) is 6.92 Å². The molecule has 0 radical (unpaired) electrons. The molecule has 102 valence electrons. The molecule has 1 atom stereocenters. The summed E-state index contributed by atoms with van der Waals surface area (Å²) in [6, 6.07) is 1.79. The topological polar surface area (TPSA) is 69.2 Å². The van der Waals surface area contributed by atoms with Crippen LogP contribution in [-0.2, 0) is 0 Å². The molecule has 0 aliphatic carbocycles. The number of likely N-dealkylation sites (N-methyl/N-ethyl adjacent to an activating group) is 1. The van der Waals surface area contributed by atoms with Gasteiger partial charge < -0.3 is 15.0 Å². The number of aryl methyl sites for hydroxylation is 1. The molecule has 0 aliphatic rings. The van der Waals surface area contributed by atoms with Crippen molar-refractivity contribution < 1.29 is 9.90 Å². The maximum atomic E-state index is 12.1. The molecule has 19 heavy (non-hydrogen) atoms. The normalized spacial score (nSPS) is 12.4. The molecule has 0 bridgehead atoms. The van der Waals surface area contributed by atoms with Crippen molar-refractivity contribution in [3.8, 4) is 11.3 Å². The van der Waals surface area contributed by atoms with Gasteiger partial charge in [-0.3, -0.25) is 4.79 Å². The molecule has 0 fully saturated rings. The lowest BCUT2D eigenvalue weighted by molar-refractivity contribution is 0.0699. The Labute approximate surface area is 115 Å². The number of nitrogens with one attached hydrogen (secondary N) is 1. The van der Waals surface area contributed by atoms with Crippen molar-refractivity contribution in [1.82, 2.24) is 14.9 Å². The molecule has 2 heterocycles. The van der Waals surface area contributed by atoms with Crippen LogP contribution in [-0.4, -0.2) is 45.6 Å². The number of aromatic nitrogens is 2. The van der Waals surface area contributed by atoms with Crippen molar-refractivity contribution in [1.29, 1.82) is 0 Å². The molecule has 1 amide bonds. The van der Waals surface area contributed by atoms with Crippen molar-refractivity contribution in [2.24, 2.45) is 0 Å². The van der Waals surface area contributed by atoms with E-state index in [4.69, 9.17) is 0 Å². The zero-order valence-electron chi connectivity index (χ0n) is 11.2. The predicted octanol–water partition coefficient (Wildman–Crippen LogP) is 1.90. The zero-order valence-corrected chi connectivity index (χ0v) is 12.0. The van der Waals surface area contributed by atoms with Gasteiger partial charge in [-0.2, -0.15) is 0 Å². The lowest BCUT2D eigenvalue weighted by atomic mass is 10.2. The summed E-state index contributed by atoms with van der Waals surface area (Å²) in [5, 5.41) is 12.3. The maximum absolute atomic E-state index is 12.1. The molecule has 0 spiro atoms. The average Bonchev–Trinajstić information content (AvgIpc) is 2.95. The number of hydrogen-bond donors (Lipinski definition) is 2. The number of nitrogens with zero attached hydrogens (tertiary/aromatic N) is 2. The summed E-state index contributed by atoms with van der Waals surface area (Å²) in [6.45, 7) is 3.91. The van der Waals surface area contributed by atoms with Crippen LogP contribution in [0.25, 0.3) is 11.3 Å². The highest BCUT2D eigenvalue weighted by Gasteiger charge is 2.16. The summed E-state index contributed by atoms with van der Waals surface area (Å²) < 4.78 is 0. The fourth-order valence-corrected chi connectivity index (χ4v) is 2.47. The van der Waals surface area contributed by atoms with Gasteiger partial charge in [-0.15, -0.1) is 11.3 Å². The van der Waals surface area contributed by atoms with Gasteiger partial charge in [0.05, 0.1) is 16.8 Å². The number of amides is 1. The first-order chi connectivity index (χ1) is 8.97. The second-order valence-electron chi connectivity index (χ2n) is 4.59. The zero-order chi connectivity index (χ0) is 14.0. The average molecular weight is 279 g/mol. The highest BCUT2D eigenvalue weighted by Crippen LogP contribution is 2.22. The van der Waals surface area contributed by atoms with Crippen LogP contribution in [0.5, 0.6) is 0 Å². The second kappa shape index (κ2) is 5.54. The number of rotatable bonds is 4. The Morgan fingerprint density at radius 2 is 2.37 bits per heavy atom. The third-order valence-corrected chi connectivity index (χ3v) is 3.49. The molecule has 2 aromatic rings. The van der Waals surface area contributed by atoms with E-state index in [2.05, 4.69) is 9.97 Å². The van der Waals surface area contributed by atoms with Crippen LogP contribution in [0.1, 0.15) is 22.4 Å². The van der Waals surface area contributed by atoms with E-state index in [0.29, 0.717) is 12.2 Å². The minimum Gasteiger partial charge on any atom is -0.392 e. The Morgan fingerprint density at radius 1 is 1.63 bits per heavy atom. The van der Waals surface area contributed by atoms with Crippen molar-refractivity contribution in [3.05, 3.63) is 28.3 Å². The first-order valence-corrected chi connectivity index (χ1v) is 6.90. The summed E-state index contributed by atoms with van der Waals surface area (Å²) in [7, 11) is 1.67. The molecule has 1 unspecified atom stereocenters. The van der Waals surface area contributed by atoms with Gasteiger partial charge in [0.25, 0.3) is 5.91 Å². The number of H-pyrrole nitrogens is 1. The van der Waals surface area contributed by atoms with E-state index in [1.165, 1.54) is 4.90 Å². The number of hydrogen-bond acceptors (Lipinski definition) is 4. The fourth-order valence-electron chi connectivity index (χ4n) is 1.85. The molecule has 0 saturated heterocycles. The first kappa shape index (κ1) is 13.8. The maximum Gasteiger partial charge on any atom is 0.270 e. The first-order valence-electron chi connectivity index (χ1n) is 6.02. The quantitative estimate of drug-likeness (QED) is 0.898. The van der Waals surface area contributed by atoms with Gasteiger partial charge in [0, 0.05) is 30.7 Å². The van der Waals surface area contributed by atoms with Crippen LogP contribution in [0.4, 0.5) is 0 Å². The van der Waals surface area contributed by atoms with E-state index in [9.17, 15) is 9.90 Å². The van der Waals surface area contributed by atoms with Crippen LogP contribution in [0.15, 0.2) is 17.6 Å². The van der Waals surface area contributed by atoms with E-state index in [0.717, 1.165) is 16.3 Å². The lowest BCUT2D eigenvalue weighted by Gasteiger charge is -2.17. The molecule has 2 aromatic heterocycles. The van der Waals surface area contributed by atoms with Crippen LogP contribution in [0.3, 0.4) is 0 Å². The lowest BCUT2D eigenvalue weighted by Crippen LogP contribution is -2.33. The highest BCUT2D eigenvalue weighted by atomic mass is 32.1. The van der Waals surface area contributed by atoms with Gasteiger partial charge in [0.1, 0.15) is 5.69 Å². The number of aromatic amines is 1. The molecule has 5 nitrogen and oxygen atoms in total. The van der Waals surface area contributed by atoms with E-state index in [-0.39, 0.29) is 5.91 Å². The molecule has 6 heteroatoms. The Balaban J connectivity index is 2.15. The molecule has 0 saturated carbocycles. The van der Waals surface area contributed by atoms with Crippen molar-refractivity contribution >= 4 is 17.2 Å². The monoisotopic (exact) mass is 279 g/mol. The SMILES string of the molecule is Cc1nc(-c2c[nH]c(C(=O)N(C)CC(C)O)c2)cs1. The standard InChI is InChI=1S/C13H17N3O2S/c1-8(17)6-16(3)13(18)11-4-10(5-14-11)12-7-19-9(2)15-12/h4-5,7-8,14,17H,6H2,1-3H3. The second-order valence-corrected chi connectivity index (χ2v) is 5.65. The minimum absolute atomic E-state index is 0.140. The summed E-state index contributed by atoms with van der Waals surface area (Å²) in [5.41, 5.74) is 2.28. The summed E-state index contributed by atoms with van der Waals surface area (Å²) in [4.78, 5) is 20.9. The Bertz CT molecular complexity index is 574. The van der Waals surface area contributed by atoms with Crippen molar-refractivity contribution in [2.75, 3.05) is 13.6 Å². The molecule has 2 rings (SSSR count). The van der Waals surface area contributed by atoms with Crippen LogP contribution < -0.4 is 0 Å². The van der Waals surface area contributed by atoms with Crippen LogP contribution >= 0.6 is 11.3 Å². The summed E-state index contributed by atoms with van der Waals surface area (Å²) in [5.74, 6) is -0.140. The van der Waals surface area contributed by atoms with Gasteiger partial charge in [-0.25, -0.2) is 4.98 Å². The summed E-state index contributed by atoms with van der Waals surface area (Å²) >= 11 is 1.58. The predicted molar refractivity (Wildman–Crippen MR) is 75.3 cm³/mol. The van der Waals surface area contributed by atoms with Gasteiger partial charge in [0.15, 0.2) is 0 Å². The number of aliphatic hydroxyl groups excluding tert-OH is 1. The van der Waals surface area contributed by atoms with Crippen molar-refractivity contribution in [3.63, 3.8) is 0 Å². The highest BCUT2D eigenvalue weighted by molar-refractivity contribution is 7.09. The van der Waals surface area contributed by atoms with E-state index >= 15 is 0 Å². The Morgan fingerprint density at radius 3 is 2.95 bits per heavy atom.